The van der Waals surface area contributed by atoms with Gasteiger partial charge in [0.2, 0.25) is 0 Å². The van der Waals surface area contributed by atoms with Crippen LogP contribution < -0.4 is 15.5 Å². The van der Waals surface area contributed by atoms with Crippen molar-refractivity contribution in [3.63, 3.8) is 0 Å². The standard InChI is InChI=1S/C22H17Cl2N3O3/c23-17-5-1-16(2-6-17)14-30-20-11-3-15(4-12-20)13-25-27-22(29)21(28)26-19-9-7-18(24)8-10-19/h1-13H,14H2,(H,26,28)(H,27,29). The number of ether oxygens (including phenoxy) is 1. The zero-order chi connectivity index (χ0) is 21.3. The number of carbonyl (C=O) groups excluding carboxylic acids is 2. The van der Waals surface area contributed by atoms with Crippen LogP contribution in [-0.2, 0) is 16.2 Å². The highest BCUT2D eigenvalue weighted by Crippen LogP contribution is 2.15. The van der Waals surface area contributed by atoms with Gasteiger partial charge in [-0.1, -0.05) is 35.3 Å². The molecule has 0 unspecified atom stereocenters. The van der Waals surface area contributed by atoms with Crippen molar-refractivity contribution < 1.29 is 14.3 Å². The molecule has 8 heteroatoms. The van der Waals surface area contributed by atoms with Crippen molar-refractivity contribution in [2.45, 2.75) is 6.61 Å². The fourth-order valence-electron chi connectivity index (χ4n) is 2.33. The Bertz CT molecular complexity index is 1030. The molecule has 0 aromatic heterocycles. The summed E-state index contributed by atoms with van der Waals surface area (Å²) >= 11 is 11.6. The number of nitrogens with zero attached hydrogens (tertiary/aromatic N) is 1. The van der Waals surface area contributed by atoms with Crippen LogP contribution in [0.3, 0.4) is 0 Å². The molecule has 0 bridgehead atoms. The summed E-state index contributed by atoms with van der Waals surface area (Å²) in [5.41, 5.74) is 4.37. The molecule has 3 aromatic rings. The minimum absolute atomic E-state index is 0.420. The molecular weight excluding hydrogens is 425 g/mol. The first-order valence-corrected chi connectivity index (χ1v) is 9.62. The lowest BCUT2D eigenvalue weighted by Crippen LogP contribution is -2.32. The number of hydrazone groups is 1. The highest BCUT2D eigenvalue weighted by molar-refractivity contribution is 6.39. The predicted molar refractivity (Wildman–Crippen MR) is 118 cm³/mol. The second kappa shape index (κ2) is 10.4. The van der Waals surface area contributed by atoms with E-state index in [-0.39, 0.29) is 0 Å². The Labute approximate surface area is 183 Å². The summed E-state index contributed by atoms with van der Waals surface area (Å²) in [6.45, 7) is 0.420. The van der Waals surface area contributed by atoms with Crippen LogP contribution in [0.1, 0.15) is 11.1 Å². The summed E-state index contributed by atoms with van der Waals surface area (Å²) in [6.07, 6.45) is 1.43. The Morgan fingerprint density at radius 3 is 2.07 bits per heavy atom. The maximum atomic E-state index is 11.8. The van der Waals surface area contributed by atoms with Crippen LogP contribution in [0.2, 0.25) is 10.0 Å². The van der Waals surface area contributed by atoms with Crippen molar-refractivity contribution in [3.05, 3.63) is 94.0 Å². The van der Waals surface area contributed by atoms with Gasteiger partial charge in [0.15, 0.2) is 0 Å². The Morgan fingerprint density at radius 2 is 1.43 bits per heavy atom. The molecular formula is C22H17Cl2N3O3. The van der Waals surface area contributed by atoms with E-state index in [2.05, 4.69) is 15.8 Å². The van der Waals surface area contributed by atoms with Crippen molar-refractivity contribution in [2.24, 2.45) is 5.10 Å². The molecule has 0 atom stereocenters. The molecule has 0 saturated heterocycles. The van der Waals surface area contributed by atoms with Gasteiger partial charge in [-0.3, -0.25) is 9.59 Å². The van der Waals surface area contributed by atoms with Gasteiger partial charge in [-0.15, -0.1) is 0 Å². The Balaban J connectivity index is 1.46. The molecule has 152 valence electrons. The van der Waals surface area contributed by atoms with Gasteiger partial charge in [-0.05, 0) is 71.8 Å². The van der Waals surface area contributed by atoms with E-state index in [0.717, 1.165) is 11.1 Å². The zero-order valence-electron chi connectivity index (χ0n) is 15.6. The quantitative estimate of drug-likeness (QED) is 0.331. The number of halogens is 2. The smallest absolute Gasteiger partial charge is 0.329 e. The summed E-state index contributed by atoms with van der Waals surface area (Å²) in [5, 5.41) is 7.45. The topological polar surface area (TPSA) is 79.8 Å². The van der Waals surface area contributed by atoms with Crippen molar-refractivity contribution in [2.75, 3.05) is 5.32 Å². The van der Waals surface area contributed by atoms with Gasteiger partial charge in [0.25, 0.3) is 0 Å². The maximum absolute atomic E-state index is 11.8. The van der Waals surface area contributed by atoms with E-state index in [1.54, 1.807) is 48.5 Å². The van der Waals surface area contributed by atoms with E-state index in [1.807, 2.05) is 24.3 Å². The molecule has 0 aliphatic carbocycles. The van der Waals surface area contributed by atoms with Gasteiger partial charge in [0, 0.05) is 15.7 Å². The van der Waals surface area contributed by atoms with Crippen LogP contribution in [0.15, 0.2) is 77.9 Å². The highest BCUT2D eigenvalue weighted by Gasteiger charge is 2.12. The zero-order valence-corrected chi connectivity index (χ0v) is 17.2. The van der Waals surface area contributed by atoms with Crippen LogP contribution in [0.25, 0.3) is 0 Å². The predicted octanol–water partition coefficient (Wildman–Crippen LogP) is 4.66. The summed E-state index contributed by atoms with van der Waals surface area (Å²) in [5.74, 6) is -1.03. The number of rotatable bonds is 6. The monoisotopic (exact) mass is 441 g/mol. The minimum Gasteiger partial charge on any atom is -0.489 e. The molecule has 2 N–H and O–H groups in total. The molecule has 2 amide bonds. The summed E-state index contributed by atoms with van der Waals surface area (Å²) < 4.78 is 5.71. The molecule has 6 nitrogen and oxygen atoms in total. The van der Waals surface area contributed by atoms with Crippen LogP contribution in [0.5, 0.6) is 5.75 Å². The molecule has 3 rings (SSSR count). The molecule has 0 spiro atoms. The van der Waals surface area contributed by atoms with Crippen molar-refractivity contribution >= 4 is 46.9 Å². The first kappa shape index (κ1) is 21.4. The fourth-order valence-corrected chi connectivity index (χ4v) is 2.59. The number of benzene rings is 3. The molecule has 0 radical (unpaired) electrons. The van der Waals surface area contributed by atoms with Crippen LogP contribution >= 0.6 is 23.2 Å². The van der Waals surface area contributed by atoms with E-state index < -0.39 is 11.8 Å². The molecule has 0 aliphatic rings. The SMILES string of the molecule is O=C(NN=Cc1ccc(OCc2ccc(Cl)cc2)cc1)C(=O)Nc1ccc(Cl)cc1. The third kappa shape index (κ3) is 6.62. The third-order valence-corrected chi connectivity index (χ3v) is 4.39. The second-order valence-electron chi connectivity index (χ2n) is 6.14. The van der Waals surface area contributed by atoms with Gasteiger partial charge in [0.05, 0.1) is 6.21 Å². The average Bonchev–Trinajstić information content (AvgIpc) is 2.76. The molecule has 30 heavy (non-hydrogen) atoms. The molecule has 0 aliphatic heterocycles. The largest absolute Gasteiger partial charge is 0.489 e. The van der Waals surface area contributed by atoms with Crippen molar-refractivity contribution in [3.8, 4) is 5.75 Å². The highest BCUT2D eigenvalue weighted by atomic mass is 35.5. The first-order valence-electron chi connectivity index (χ1n) is 8.87. The van der Waals surface area contributed by atoms with Gasteiger partial charge in [-0.2, -0.15) is 5.10 Å². The first-order chi connectivity index (χ1) is 14.5. The summed E-state index contributed by atoms with van der Waals surface area (Å²) in [4.78, 5) is 23.6. The average molecular weight is 442 g/mol. The minimum atomic E-state index is -0.885. The van der Waals surface area contributed by atoms with E-state index in [4.69, 9.17) is 27.9 Å². The molecule has 0 fully saturated rings. The normalized spacial score (nSPS) is 10.6. The molecule has 0 saturated carbocycles. The lowest BCUT2D eigenvalue weighted by molar-refractivity contribution is -0.136. The Kier molecular flexibility index (Phi) is 7.43. The Hall–Kier alpha value is -3.35. The lowest BCUT2D eigenvalue weighted by Gasteiger charge is -2.06. The van der Waals surface area contributed by atoms with E-state index in [0.29, 0.717) is 28.1 Å². The maximum Gasteiger partial charge on any atom is 0.329 e. The number of nitrogens with one attached hydrogen (secondary N) is 2. The number of carbonyl (C=O) groups is 2. The van der Waals surface area contributed by atoms with Crippen LogP contribution in [0.4, 0.5) is 5.69 Å². The summed E-state index contributed by atoms with van der Waals surface area (Å²) in [6, 6.07) is 20.9. The van der Waals surface area contributed by atoms with E-state index >= 15 is 0 Å². The summed E-state index contributed by atoms with van der Waals surface area (Å²) in [7, 11) is 0. The lowest BCUT2D eigenvalue weighted by atomic mass is 10.2. The fraction of sp³-hybridized carbons (Fsp3) is 0.0455. The number of hydrogen-bond donors (Lipinski definition) is 2. The van der Waals surface area contributed by atoms with E-state index in [9.17, 15) is 9.59 Å². The van der Waals surface area contributed by atoms with Gasteiger partial charge in [-0.25, -0.2) is 5.43 Å². The third-order valence-electron chi connectivity index (χ3n) is 3.89. The van der Waals surface area contributed by atoms with Gasteiger partial charge in [0.1, 0.15) is 12.4 Å². The van der Waals surface area contributed by atoms with Crippen molar-refractivity contribution in [1.29, 1.82) is 0 Å². The second-order valence-corrected chi connectivity index (χ2v) is 7.02. The van der Waals surface area contributed by atoms with Crippen LogP contribution in [0, 0.1) is 0 Å². The van der Waals surface area contributed by atoms with Gasteiger partial charge < -0.3 is 10.1 Å². The number of hydrogen-bond acceptors (Lipinski definition) is 4. The Morgan fingerprint density at radius 1 is 0.833 bits per heavy atom. The van der Waals surface area contributed by atoms with E-state index in [1.165, 1.54) is 6.21 Å². The van der Waals surface area contributed by atoms with Crippen LogP contribution in [-0.4, -0.2) is 18.0 Å². The number of anilines is 1. The molecule has 3 aromatic carbocycles. The number of amides is 2. The van der Waals surface area contributed by atoms with Crippen molar-refractivity contribution in [1.82, 2.24) is 5.43 Å². The van der Waals surface area contributed by atoms with Gasteiger partial charge >= 0.3 is 11.8 Å². The molecule has 0 heterocycles.